The van der Waals surface area contributed by atoms with E-state index in [-0.39, 0.29) is 5.91 Å². The molecule has 2 aromatic rings. The van der Waals surface area contributed by atoms with Crippen LogP contribution in [0.15, 0.2) is 29.4 Å². The zero-order chi connectivity index (χ0) is 18.4. The van der Waals surface area contributed by atoms with E-state index >= 15 is 0 Å². The number of guanidine groups is 1. The van der Waals surface area contributed by atoms with Gasteiger partial charge in [-0.2, -0.15) is 0 Å². The van der Waals surface area contributed by atoms with Crippen LogP contribution >= 0.6 is 0 Å². The van der Waals surface area contributed by atoms with Crippen molar-refractivity contribution in [1.29, 1.82) is 0 Å². The molecule has 0 atom stereocenters. The molecule has 140 valence electrons. The van der Waals surface area contributed by atoms with E-state index in [1.165, 1.54) is 0 Å². The summed E-state index contributed by atoms with van der Waals surface area (Å²) in [4.78, 5) is 19.9. The molecule has 2 N–H and O–H groups in total. The summed E-state index contributed by atoms with van der Waals surface area (Å²) in [6.07, 6.45) is 1.95. The van der Waals surface area contributed by atoms with E-state index in [9.17, 15) is 4.79 Å². The van der Waals surface area contributed by atoms with Crippen LogP contribution in [0.25, 0.3) is 5.65 Å². The van der Waals surface area contributed by atoms with E-state index < -0.39 is 0 Å². The van der Waals surface area contributed by atoms with E-state index in [1.807, 2.05) is 33.7 Å². The van der Waals surface area contributed by atoms with Crippen molar-refractivity contribution in [2.24, 2.45) is 4.99 Å². The number of rotatable bonds is 5. The molecule has 0 unspecified atom stereocenters. The number of nitrogens with zero attached hydrogens (tertiary/aromatic N) is 6. The van der Waals surface area contributed by atoms with Gasteiger partial charge in [-0.25, -0.2) is 0 Å². The molecular formula is C17H26N8O. The van der Waals surface area contributed by atoms with E-state index in [0.29, 0.717) is 6.54 Å². The van der Waals surface area contributed by atoms with Crippen LogP contribution < -0.4 is 10.6 Å². The van der Waals surface area contributed by atoms with Gasteiger partial charge in [0.1, 0.15) is 0 Å². The molecule has 1 aliphatic heterocycles. The Balaban J connectivity index is 1.41. The van der Waals surface area contributed by atoms with Gasteiger partial charge < -0.3 is 15.5 Å². The third kappa shape index (κ3) is 4.48. The first-order valence-corrected chi connectivity index (χ1v) is 8.88. The summed E-state index contributed by atoms with van der Waals surface area (Å²) >= 11 is 0. The summed E-state index contributed by atoms with van der Waals surface area (Å²) in [6.45, 7) is 7.33. The van der Waals surface area contributed by atoms with Gasteiger partial charge in [0, 0.05) is 59.4 Å². The number of aliphatic imine (C=N–C) groups is 1. The number of hydrogen-bond donors (Lipinski definition) is 2. The molecule has 0 spiro atoms. The first kappa shape index (κ1) is 18.1. The molecule has 3 heterocycles. The number of carbonyl (C=O) groups is 1. The minimum absolute atomic E-state index is 0.161. The maximum atomic E-state index is 11.4. The highest BCUT2D eigenvalue weighted by Crippen LogP contribution is 2.02. The highest BCUT2D eigenvalue weighted by molar-refractivity contribution is 5.79. The summed E-state index contributed by atoms with van der Waals surface area (Å²) in [5.74, 6) is 1.73. The molecule has 1 aliphatic rings. The lowest BCUT2D eigenvalue weighted by Gasteiger charge is -2.34. The topological polar surface area (TPSA) is 90.2 Å². The van der Waals surface area contributed by atoms with Crippen molar-refractivity contribution in [2.45, 2.75) is 13.5 Å². The monoisotopic (exact) mass is 358 g/mol. The van der Waals surface area contributed by atoms with Gasteiger partial charge in [-0.3, -0.25) is 19.1 Å². The van der Waals surface area contributed by atoms with Crippen LogP contribution in [-0.2, 0) is 11.3 Å². The molecule has 3 rings (SSSR count). The molecule has 1 saturated heterocycles. The van der Waals surface area contributed by atoms with Gasteiger partial charge in [0.25, 0.3) is 0 Å². The number of aromatic nitrogens is 3. The average Bonchev–Trinajstić information content (AvgIpc) is 3.08. The quantitative estimate of drug-likeness (QED) is 0.556. The number of hydrogen-bond acceptors (Lipinski definition) is 5. The summed E-state index contributed by atoms with van der Waals surface area (Å²) in [5.41, 5.74) is 0.831. The van der Waals surface area contributed by atoms with Crippen LogP contribution in [-0.4, -0.2) is 82.6 Å². The van der Waals surface area contributed by atoms with Crippen molar-refractivity contribution in [3.05, 3.63) is 30.2 Å². The molecule has 2 aromatic heterocycles. The zero-order valence-electron chi connectivity index (χ0n) is 15.4. The lowest BCUT2D eigenvalue weighted by atomic mass is 10.3. The van der Waals surface area contributed by atoms with E-state index in [4.69, 9.17) is 0 Å². The highest BCUT2D eigenvalue weighted by atomic mass is 16.2. The van der Waals surface area contributed by atoms with Crippen LogP contribution in [0.1, 0.15) is 12.7 Å². The second kappa shape index (κ2) is 8.61. The maximum absolute atomic E-state index is 11.4. The molecule has 1 fully saturated rings. The second-order valence-electron chi connectivity index (χ2n) is 6.25. The molecule has 26 heavy (non-hydrogen) atoms. The molecule has 0 saturated carbocycles. The smallest absolute Gasteiger partial charge is 0.219 e. The first-order valence-electron chi connectivity index (χ1n) is 8.88. The largest absolute Gasteiger partial charge is 0.355 e. The molecule has 0 aromatic carbocycles. The summed E-state index contributed by atoms with van der Waals surface area (Å²) < 4.78 is 1.95. The predicted octanol–water partition coefficient (Wildman–Crippen LogP) is -0.442. The van der Waals surface area contributed by atoms with Crippen LogP contribution in [0.2, 0.25) is 0 Å². The van der Waals surface area contributed by atoms with Crippen LogP contribution in [0.3, 0.4) is 0 Å². The number of pyridine rings is 1. The molecule has 0 bridgehead atoms. The van der Waals surface area contributed by atoms with Gasteiger partial charge in [-0.05, 0) is 12.1 Å². The van der Waals surface area contributed by atoms with Crippen molar-refractivity contribution in [3.63, 3.8) is 0 Å². The molecule has 9 heteroatoms. The Morgan fingerprint density at radius 3 is 2.73 bits per heavy atom. The summed E-state index contributed by atoms with van der Waals surface area (Å²) in [7, 11) is 1.75. The Morgan fingerprint density at radius 1 is 1.19 bits per heavy atom. The van der Waals surface area contributed by atoms with E-state index in [0.717, 1.165) is 56.7 Å². The van der Waals surface area contributed by atoms with Crippen molar-refractivity contribution in [3.8, 4) is 0 Å². The lowest BCUT2D eigenvalue weighted by Crippen LogP contribution is -2.50. The molecule has 0 aliphatic carbocycles. The Bertz CT molecular complexity index is 763. The highest BCUT2D eigenvalue weighted by Gasteiger charge is 2.17. The molecule has 1 amide bonds. The Morgan fingerprint density at radius 2 is 2.00 bits per heavy atom. The van der Waals surface area contributed by atoms with E-state index in [1.54, 1.807) is 14.0 Å². The van der Waals surface area contributed by atoms with Crippen molar-refractivity contribution in [2.75, 3.05) is 46.3 Å². The Labute approximate surface area is 153 Å². The third-order valence-electron chi connectivity index (χ3n) is 4.56. The Hall–Kier alpha value is -2.68. The second-order valence-corrected chi connectivity index (χ2v) is 6.25. The van der Waals surface area contributed by atoms with Gasteiger partial charge in [0.2, 0.25) is 5.91 Å². The van der Waals surface area contributed by atoms with Crippen LogP contribution in [0.5, 0.6) is 0 Å². The van der Waals surface area contributed by atoms with Gasteiger partial charge in [0.05, 0.1) is 6.54 Å². The van der Waals surface area contributed by atoms with Gasteiger partial charge in [-0.1, -0.05) is 6.07 Å². The van der Waals surface area contributed by atoms with Crippen molar-refractivity contribution < 1.29 is 4.79 Å². The molecular weight excluding hydrogens is 332 g/mol. The normalized spacial score (nSPS) is 16.1. The molecule has 9 nitrogen and oxygen atoms in total. The van der Waals surface area contributed by atoms with Gasteiger partial charge in [0.15, 0.2) is 17.4 Å². The minimum Gasteiger partial charge on any atom is -0.355 e. The van der Waals surface area contributed by atoms with E-state index in [2.05, 4.69) is 30.7 Å². The summed E-state index contributed by atoms with van der Waals surface area (Å²) in [5, 5.41) is 14.9. The number of nitrogens with one attached hydrogen (secondary N) is 2. The Kier molecular flexibility index (Phi) is 6.00. The minimum atomic E-state index is 0.161. The van der Waals surface area contributed by atoms with Crippen molar-refractivity contribution >= 4 is 17.5 Å². The fraction of sp³-hybridized carbons (Fsp3) is 0.529. The van der Waals surface area contributed by atoms with Gasteiger partial charge >= 0.3 is 0 Å². The van der Waals surface area contributed by atoms with Crippen LogP contribution in [0.4, 0.5) is 0 Å². The first-order chi connectivity index (χ1) is 12.7. The number of amides is 1. The zero-order valence-corrected chi connectivity index (χ0v) is 15.4. The van der Waals surface area contributed by atoms with Crippen molar-refractivity contribution in [1.82, 2.24) is 35.0 Å². The number of carbonyl (C=O) groups excluding carboxylic acids is 1. The average molecular weight is 358 g/mol. The SMILES string of the molecule is CN=C(NCCN1CCN(C(C)=O)CC1)NCc1nnc2ccccn12. The molecule has 0 radical (unpaired) electrons. The van der Waals surface area contributed by atoms with Crippen LogP contribution in [0, 0.1) is 0 Å². The fourth-order valence-corrected chi connectivity index (χ4v) is 3.01. The number of fused-ring (bicyclic) bond motifs is 1. The fourth-order valence-electron chi connectivity index (χ4n) is 3.01. The summed E-state index contributed by atoms with van der Waals surface area (Å²) in [6, 6.07) is 5.83. The predicted molar refractivity (Wildman–Crippen MR) is 99.9 cm³/mol. The number of piperazine rings is 1. The van der Waals surface area contributed by atoms with Gasteiger partial charge in [-0.15, -0.1) is 10.2 Å². The third-order valence-corrected chi connectivity index (χ3v) is 4.56. The lowest BCUT2D eigenvalue weighted by molar-refractivity contribution is -0.130. The standard InChI is InChI=1S/C17H26N8O/c1-14(26)24-11-9-23(10-12-24)8-6-19-17(18-2)20-13-16-22-21-15-5-3-4-7-25(15)16/h3-5,7H,6,8-13H2,1-2H3,(H2,18,19,20). The maximum Gasteiger partial charge on any atom is 0.219 e.